The van der Waals surface area contributed by atoms with E-state index in [9.17, 15) is 13.2 Å². The van der Waals surface area contributed by atoms with Crippen LogP contribution < -0.4 is 4.74 Å². The van der Waals surface area contributed by atoms with Gasteiger partial charge >= 0.3 is 6.11 Å². The molecule has 0 spiro atoms. The minimum atomic E-state index is -4.04. The van der Waals surface area contributed by atoms with Crippen molar-refractivity contribution in [3.63, 3.8) is 0 Å². The van der Waals surface area contributed by atoms with Crippen molar-refractivity contribution >= 4 is 0 Å². The number of ether oxygens (including phenoxy) is 1. The lowest BCUT2D eigenvalue weighted by molar-refractivity contribution is -0.186. The number of halogens is 7. The van der Waals surface area contributed by atoms with E-state index in [-0.39, 0.29) is 22.3 Å². The van der Waals surface area contributed by atoms with Gasteiger partial charge in [-0.15, -0.1) is 0 Å². The smallest absolute Gasteiger partial charge is 0.427 e. The summed E-state index contributed by atoms with van der Waals surface area (Å²) >= 11 is 0. The molecule has 0 radical (unpaired) electrons. The van der Waals surface area contributed by atoms with Gasteiger partial charge in [0.1, 0.15) is 17.4 Å². The maximum atomic E-state index is 15.6. The van der Waals surface area contributed by atoms with E-state index in [1.54, 1.807) is 18.2 Å². The number of unbranched alkanes of at least 4 members (excludes halogenated alkanes) is 8. The molecule has 0 unspecified atom stereocenters. The first-order valence-corrected chi connectivity index (χ1v) is 18.8. The molecule has 8 heteroatoms. The summed E-state index contributed by atoms with van der Waals surface area (Å²) in [6, 6.07) is 12.9. The predicted octanol–water partition coefficient (Wildman–Crippen LogP) is 14.7. The van der Waals surface area contributed by atoms with Crippen LogP contribution in [0.2, 0.25) is 0 Å². The number of alkyl halides is 2. The standard InChI is InChI=1S/C44H49F7O/c1-4-5-6-7-8-9-10-11-12-13-30-14-16-31(17-15-30)32-18-20-36(38(45)24-32)33-19-21-37(39(46)25-33)34-22-28(2)42(29(3)23-34)44(50,51)52-35-26-40(47)43(49)41(48)27-35/h18-27,30-31H,4-17H2,1-3H3. The average molecular weight is 727 g/mol. The van der Waals surface area contributed by atoms with Gasteiger partial charge in [0.25, 0.3) is 0 Å². The van der Waals surface area contributed by atoms with Gasteiger partial charge in [0, 0.05) is 23.3 Å². The van der Waals surface area contributed by atoms with Gasteiger partial charge in [-0.1, -0.05) is 108 Å². The van der Waals surface area contributed by atoms with Crippen molar-refractivity contribution in [3.05, 3.63) is 112 Å². The van der Waals surface area contributed by atoms with Crippen molar-refractivity contribution in [3.8, 4) is 28.0 Å². The lowest BCUT2D eigenvalue weighted by atomic mass is 9.77. The Kier molecular flexibility index (Phi) is 13.5. The molecule has 0 bridgehead atoms. The number of hydrogen-bond donors (Lipinski definition) is 0. The molecule has 0 amide bonds. The monoisotopic (exact) mass is 726 g/mol. The molecule has 1 nitrogen and oxygen atoms in total. The molecule has 280 valence electrons. The summed E-state index contributed by atoms with van der Waals surface area (Å²) in [6.45, 7) is 5.00. The number of benzene rings is 4. The van der Waals surface area contributed by atoms with Gasteiger partial charge in [-0.3, -0.25) is 0 Å². The normalized spacial score (nSPS) is 16.3. The van der Waals surface area contributed by atoms with Crippen LogP contribution in [0.25, 0.3) is 22.3 Å². The molecule has 0 aromatic heterocycles. The van der Waals surface area contributed by atoms with E-state index < -0.39 is 46.5 Å². The fourth-order valence-corrected chi connectivity index (χ4v) is 7.83. The average Bonchev–Trinajstić information content (AvgIpc) is 3.09. The third-order valence-electron chi connectivity index (χ3n) is 10.6. The molecule has 0 N–H and O–H groups in total. The number of rotatable bonds is 16. The summed E-state index contributed by atoms with van der Waals surface area (Å²) < 4.78 is 107. The Morgan fingerprint density at radius 1 is 0.596 bits per heavy atom. The minimum absolute atomic E-state index is 0.0331. The summed E-state index contributed by atoms with van der Waals surface area (Å²) in [5.41, 5.74) is 1.54. The van der Waals surface area contributed by atoms with Gasteiger partial charge < -0.3 is 4.74 Å². The zero-order valence-electron chi connectivity index (χ0n) is 30.4. The lowest BCUT2D eigenvalue weighted by Gasteiger charge is -2.29. The fourth-order valence-electron chi connectivity index (χ4n) is 7.83. The Morgan fingerprint density at radius 3 is 1.71 bits per heavy atom. The second-order valence-corrected chi connectivity index (χ2v) is 14.6. The van der Waals surface area contributed by atoms with Gasteiger partial charge in [-0.05, 0) is 91.3 Å². The maximum absolute atomic E-state index is 15.6. The van der Waals surface area contributed by atoms with Crippen molar-refractivity contribution in [2.24, 2.45) is 5.92 Å². The van der Waals surface area contributed by atoms with Crippen LogP contribution in [0, 0.1) is 48.9 Å². The molecule has 4 aromatic carbocycles. The second kappa shape index (κ2) is 17.8. The van der Waals surface area contributed by atoms with Gasteiger partial charge in [0.2, 0.25) is 0 Å². The first kappa shape index (κ1) is 39.4. The molecule has 0 atom stereocenters. The molecule has 5 rings (SSSR count). The zero-order chi connectivity index (χ0) is 37.4. The first-order valence-electron chi connectivity index (χ1n) is 18.8. The van der Waals surface area contributed by atoms with Crippen LogP contribution in [-0.2, 0) is 6.11 Å². The van der Waals surface area contributed by atoms with Gasteiger partial charge in [0.15, 0.2) is 17.5 Å². The fraction of sp³-hybridized carbons (Fsp3) is 0.455. The molecule has 1 aliphatic carbocycles. The largest absolute Gasteiger partial charge is 0.429 e. The van der Waals surface area contributed by atoms with E-state index in [1.165, 1.54) is 102 Å². The Hall–Kier alpha value is -3.81. The molecule has 0 heterocycles. The molecular weight excluding hydrogens is 677 g/mol. The Morgan fingerprint density at radius 2 is 1.13 bits per heavy atom. The third kappa shape index (κ3) is 9.78. The summed E-state index contributed by atoms with van der Waals surface area (Å²) in [4.78, 5) is 0. The topological polar surface area (TPSA) is 9.23 Å². The molecule has 1 aliphatic rings. The Bertz CT molecular complexity index is 1760. The molecule has 0 saturated heterocycles. The highest BCUT2D eigenvalue weighted by molar-refractivity contribution is 5.73. The lowest BCUT2D eigenvalue weighted by Crippen LogP contribution is -2.24. The van der Waals surface area contributed by atoms with Crippen LogP contribution in [0.4, 0.5) is 30.7 Å². The molecule has 1 saturated carbocycles. The summed E-state index contributed by atoms with van der Waals surface area (Å²) in [6.07, 6.45) is 13.7. The van der Waals surface area contributed by atoms with Crippen molar-refractivity contribution in [2.75, 3.05) is 0 Å². The Balaban J connectivity index is 1.19. The summed E-state index contributed by atoms with van der Waals surface area (Å²) in [7, 11) is 0. The van der Waals surface area contributed by atoms with Gasteiger partial charge in [-0.2, -0.15) is 8.78 Å². The van der Waals surface area contributed by atoms with Gasteiger partial charge in [0.05, 0.1) is 5.56 Å². The summed E-state index contributed by atoms with van der Waals surface area (Å²) in [5.74, 6) is -6.03. The third-order valence-corrected chi connectivity index (χ3v) is 10.6. The van der Waals surface area contributed by atoms with E-state index in [1.807, 2.05) is 6.07 Å². The van der Waals surface area contributed by atoms with E-state index in [4.69, 9.17) is 0 Å². The van der Waals surface area contributed by atoms with Crippen molar-refractivity contribution in [2.45, 2.75) is 123 Å². The molecule has 0 aliphatic heterocycles. The van der Waals surface area contributed by atoms with Crippen molar-refractivity contribution < 1.29 is 35.5 Å². The molecule has 52 heavy (non-hydrogen) atoms. The van der Waals surface area contributed by atoms with Crippen LogP contribution in [0.15, 0.2) is 60.7 Å². The highest BCUT2D eigenvalue weighted by atomic mass is 19.3. The predicted molar refractivity (Wildman–Crippen MR) is 194 cm³/mol. The zero-order valence-corrected chi connectivity index (χ0v) is 30.4. The van der Waals surface area contributed by atoms with Crippen LogP contribution in [0.5, 0.6) is 5.75 Å². The van der Waals surface area contributed by atoms with E-state index in [0.29, 0.717) is 29.2 Å². The number of aryl methyl sites for hydroxylation is 2. The van der Waals surface area contributed by atoms with Crippen molar-refractivity contribution in [1.82, 2.24) is 0 Å². The summed E-state index contributed by atoms with van der Waals surface area (Å²) in [5, 5.41) is 0. The number of hydrogen-bond acceptors (Lipinski definition) is 1. The van der Waals surface area contributed by atoms with Crippen LogP contribution >= 0.6 is 0 Å². The van der Waals surface area contributed by atoms with Crippen LogP contribution in [-0.4, -0.2) is 0 Å². The molecule has 4 aromatic rings. The maximum Gasteiger partial charge on any atom is 0.427 e. The quantitative estimate of drug-likeness (QED) is 0.0635. The molecular formula is C44H49F7O. The minimum Gasteiger partial charge on any atom is -0.429 e. The highest BCUT2D eigenvalue weighted by Crippen LogP contribution is 2.41. The van der Waals surface area contributed by atoms with Crippen LogP contribution in [0.3, 0.4) is 0 Å². The van der Waals surface area contributed by atoms with E-state index in [0.717, 1.165) is 37.2 Å². The van der Waals surface area contributed by atoms with Crippen LogP contribution in [0.1, 0.15) is 125 Å². The van der Waals surface area contributed by atoms with E-state index >= 15 is 17.6 Å². The molecule has 1 fully saturated rings. The highest BCUT2D eigenvalue weighted by Gasteiger charge is 2.38. The SMILES string of the molecule is CCCCCCCCCCCC1CCC(c2ccc(-c3ccc(-c4cc(C)c(C(F)(F)Oc5cc(F)c(F)c(F)c5)c(C)c4)c(F)c3)c(F)c2)CC1. The van der Waals surface area contributed by atoms with E-state index in [2.05, 4.69) is 11.7 Å². The second-order valence-electron chi connectivity index (χ2n) is 14.6. The van der Waals surface area contributed by atoms with Gasteiger partial charge in [-0.25, -0.2) is 22.0 Å². The first-order chi connectivity index (χ1) is 24.9. The Labute approximate surface area is 303 Å². The van der Waals surface area contributed by atoms with Crippen molar-refractivity contribution in [1.29, 1.82) is 0 Å².